The van der Waals surface area contributed by atoms with Crippen molar-refractivity contribution in [1.82, 2.24) is 0 Å². The number of benzene rings is 1. The van der Waals surface area contributed by atoms with Gasteiger partial charge < -0.3 is 10.2 Å². The second-order valence-corrected chi connectivity index (χ2v) is 6.48. The van der Waals surface area contributed by atoms with Crippen molar-refractivity contribution in [2.75, 3.05) is 0 Å². The third-order valence-electron chi connectivity index (χ3n) is 4.83. The fraction of sp³-hybridized carbons (Fsp3) is 0.684. The van der Waals surface area contributed by atoms with E-state index in [1.165, 1.54) is 30.4 Å². The maximum atomic E-state index is 10.5. The van der Waals surface area contributed by atoms with Gasteiger partial charge in [0.25, 0.3) is 0 Å². The molecule has 1 aliphatic rings. The molecule has 2 heteroatoms. The molecule has 1 aromatic carbocycles. The van der Waals surface area contributed by atoms with Gasteiger partial charge in [-0.1, -0.05) is 46.0 Å². The molecular weight excluding hydrogens is 260 g/mol. The van der Waals surface area contributed by atoms with E-state index >= 15 is 0 Å². The molecule has 0 radical (unpaired) electrons. The highest BCUT2D eigenvalue weighted by Gasteiger charge is 2.25. The van der Waals surface area contributed by atoms with E-state index in [0.29, 0.717) is 5.92 Å². The number of phenolic OH excluding ortho intramolecular Hbond substituents is 2. The van der Waals surface area contributed by atoms with Crippen molar-refractivity contribution in [2.45, 2.75) is 84.0 Å². The second kappa shape index (κ2) is 7.72. The zero-order valence-electron chi connectivity index (χ0n) is 13.6. The summed E-state index contributed by atoms with van der Waals surface area (Å²) in [6, 6.07) is 1.81. The molecule has 0 amide bonds. The first-order valence-corrected chi connectivity index (χ1v) is 8.75. The van der Waals surface area contributed by atoms with Gasteiger partial charge in [0.2, 0.25) is 0 Å². The molecule has 1 aromatic rings. The Hall–Kier alpha value is -1.18. The lowest BCUT2D eigenvalue weighted by Crippen LogP contribution is -2.10. The predicted molar refractivity (Wildman–Crippen MR) is 88.2 cm³/mol. The molecule has 1 fully saturated rings. The molecule has 1 saturated carbocycles. The average molecular weight is 290 g/mol. The molecule has 0 unspecified atom stereocenters. The zero-order chi connectivity index (χ0) is 15.2. The first-order valence-electron chi connectivity index (χ1n) is 8.75. The van der Waals surface area contributed by atoms with Crippen LogP contribution in [0.4, 0.5) is 0 Å². The number of unbranched alkanes of at least 4 members (excludes halogenated alkanes) is 1. The number of rotatable bonds is 6. The topological polar surface area (TPSA) is 40.5 Å². The lowest BCUT2D eigenvalue weighted by Gasteiger charge is -2.27. The van der Waals surface area contributed by atoms with Crippen LogP contribution >= 0.6 is 0 Å². The smallest absolute Gasteiger partial charge is 0.161 e. The van der Waals surface area contributed by atoms with Gasteiger partial charge in [0, 0.05) is 5.56 Å². The highest BCUT2D eigenvalue weighted by molar-refractivity contribution is 5.55. The SMILES string of the molecule is CCCCc1cc(O)c(O)c(C2CCCCC2)c1CCC. The molecule has 0 spiro atoms. The lowest BCUT2D eigenvalue weighted by molar-refractivity contribution is 0.378. The molecule has 21 heavy (non-hydrogen) atoms. The van der Waals surface area contributed by atoms with E-state index in [0.717, 1.165) is 50.5 Å². The van der Waals surface area contributed by atoms with Crippen molar-refractivity contribution < 1.29 is 10.2 Å². The molecule has 1 aliphatic carbocycles. The van der Waals surface area contributed by atoms with E-state index in [9.17, 15) is 10.2 Å². The van der Waals surface area contributed by atoms with Gasteiger partial charge in [-0.25, -0.2) is 0 Å². The summed E-state index contributed by atoms with van der Waals surface area (Å²) < 4.78 is 0. The van der Waals surface area contributed by atoms with Crippen molar-refractivity contribution in [3.8, 4) is 11.5 Å². The number of aromatic hydroxyl groups is 2. The fourth-order valence-electron chi connectivity index (χ4n) is 3.74. The largest absolute Gasteiger partial charge is 0.504 e. The maximum Gasteiger partial charge on any atom is 0.161 e. The summed E-state index contributed by atoms with van der Waals surface area (Å²) in [6.07, 6.45) is 11.5. The Kier molecular flexibility index (Phi) is 5.96. The Morgan fingerprint density at radius 2 is 1.71 bits per heavy atom. The van der Waals surface area contributed by atoms with Crippen LogP contribution in [-0.4, -0.2) is 10.2 Å². The molecule has 2 nitrogen and oxygen atoms in total. The minimum Gasteiger partial charge on any atom is -0.504 e. The first-order chi connectivity index (χ1) is 10.2. The molecule has 0 heterocycles. The van der Waals surface area contributed by atoms with Gasteiger partial charge in [-0.15, -0.1) is 0 Å². The van der Waals surface area contributed by atoms with Crippen LogP contribution in [0.25, 0.3) is 0 Å². The molecule has 0 aliphatic heterocycles. The van der Waals surface area contributed by atoms with E-state index in [-0.39, 0.29) is 11.5 Å². The molecule has 0 aromatic heterocycles. The summed E-state index contributed by atoms with van der Waals surface area (Å²) in [6.45, 7) is 4.39. The summed E-state index contributed by atoms with van der Waals surface area (Å²) >= 11 is 0. The zero-order valence-corrected chi connectivity index (χ0v) is 13.6. The van der Waals surface area contributed by atoms with Crippen molar-refractivity contribution in [1.29, 1.82) is 0 Å². The van der Waals surface area contributed by atoms with Gasteiger partial charge in [-0.3, -0.25) is 0 Å². The van der Waals surface area contributed by atoms with Gasteiger partial charge in [0.1, 0.15) is 0 Å². The van der Waals surface area contributed by atoms with E-state index in [1.54, 1.807) is 0 Å². The number of hydrogen-bond acceptors (Lipinski definition) is 2. The van der Waals surface area contributed by atoms with Crippen molar-refractivity contribution in [3.63, 3.8) is 0 Å². The third-order valence-corrected chi connectivity index (χ3v) is 4.83. The third kappa shape index (κ3) is 3.72. The first kappa shape index (κ1) is 16.2. The standard InChI is InChI=1S/C19H30O2/c1-3-5-10-15-13-17(20)19(21)18(16(15)9-4-2)14-11-7-6-8-12-14/h13-14,20-21H,3-12H2,1-2H3. The van der Waals surface area contributed by atoms with E-state index in [1.807, 2.05) is 6.07 Å². The predicted octanol–water partition coefficient (Wildman–Crippen LogP) is 5.44. The summed E-state index contributed by atoms with van der Waals surface area (Å²) in [5, 5.41) is 20.6. The van der Waals surface area contributed by atoms with Crippen LogP contribution < -0.4 is 0 Å². The highest BCUT2D eigenvalue weighted by atomic mass is 16.3. The Morgan fingerprint density at radius 3 is 2.33 bits per heavy atom. The molecule has 0 saturated heterocycles. The lowest BCUT2D eigenvalue weighted by atomic mass is 9.79. The Labute approximate surface area is 129 Å². The molecule has 2 rings (SSSR count). The molecular formula is C19H30O2. The molecule has 2 N–H and O–H groups in total. The van der Waals surface area contributed by atoms with E-state index in [4.69, 9.17) is 0 Å². The summed E-state index contributed by atoms with van der Waals surface area (Å²) in [4.78, 5) is 0. The monoisotopic (exact) mass is 290 g/mol. The van der Waals surface area contributed by atoms with E-state index < -0.39 is 0 Å². The van der Waals surface area contributed by atoms with Gasteiger partial charge in [0.15, 0.2) is 11.5 Å². The van der Waals surface area contributed by atoms with Crippen LogP contribution in [0.1, 0.15) is 87.8 Å². The van der Waals surface area contributed by atoms with Gasteiger partial charge in [-0.05, 0) is 55.2 Å². The molecule has 0 atom stereocenters. The maximum absolute atomic E-state index is 10.5. The normalized spacial score (nSPS) is 16.3. The number of aryl methyl sites for hydroxylation is 1. The Balaban J connectivity index is 2.44. The van der Waals surface area contributed by atoms with Crippen molar-refractivity contribution >= 4 is 0 Å². The molecule has 0 bridgehead atoms. The number of phenols is 2. The van der Waals surface area contributed by atoms with E-state index in [2.05, 4.69) is 13.8 Å². The summed E-state index contributed by atoms with van der Waals surface area (Å²) in [7, 11) is 0. The van der Waals surface area contributed by atoms with Crippen LogP contribution in [0.3, 0.4) is 0 Å². The van der Waals surface area contributed by atoms with Crippen LogP contribution in [0, 0.1) is 0 Å². The van der Waals surface area contributed by atoms with Crippen molar-refractivity contribution in [2.24, 2.45) is 0 Å². The van der Waals surface area contributed by atoms with Crippen LogP contribution in [-0.2, 0) is 12.8 Å². The second-order valence-electron chi connectivity index (χ2n) is 6.48. The Bertz CT molecular complexity index is 459. The van der Waals surface area contributed by atoms with Gasteiger partial charge >= 0.3 is 0 Å². The summed E-state index contributed by atoms with van der Waals surface area (Å²) in [5.74, 6) is 0.680. The average Bonchev–Trinajstić information content (AvgIpc) is 2.50. The molecule has 118 valence electrons. The minimum atomic E-state index is 0.0847. The van der Waals surface area contributed by atoms with Gasteiger partial charge in [-0.2, -0.15) is 0 Å². The van der Waals surface area contributed by atoms with Crippen LogP contribution in [0.5, 0.6) is 11.5 Å². The van der Waals surface area contributed by atoms with Gasteiger partial charge in [0.05, 0.1) is 0 Å². The Morgan fingerprint density at radius 1 is 1.00 bits per heavy atom. The minimum absolute atomic E-state index is 0.0847. The fourth-order valence-corrected chi connectivity index (χ4v) is 3.74. The summed E-state index contributed by atoms with van der Waals surface area (Å²) in [5.41, 5.74) is 3.66. The van der Waals surface area contributed by atoms with Crippen LogP contribution in [0.2, 0.25) is 0 Å². The number of hydrogen-bond donors (Lipinski definition) is 2. The quantitative estimate of drug-likeness (QED) is 0.685. The highest BCUT2D eigenvalue weighted by Crippen LogP contribution is 2.44. The van der Waals surface area contributed by atoms with Crippen molar-refractivity contribution in [3.05, 3.63) is 22.8 Å². The van der Waals surface area contributed by atoms with Crippen LogP contribution in [0.15, 0.2) is 6.07 Å².